The van der Waals surface area contributed by atoms with Gasteiger partial charge >= 0.3 is 5.69 Å². The lowest BCUT2D eigenvalue weighted by Crippen LogP contribution is -2.03. The number of aryl methyl sites for hydroxylation is 2. The van der Waals surface area contributed by atoms with Crippen molar-refractivity contribution in [2.24, 2.45) is 5.73 Å². The Bertz CT molecular complexity index is 634. The van der Waals surface area contributed by atoms with Crippen LogP contribution in [0.3, 0.4) is 0 Å². The normalized spacial score (nSPS) is 10.6. The molecule has 0 saturated carbocycles. The molecule has 0 fully saturated rings. The molecule has 0 atom stereocenters. The SMILES string of the molecule is CCn1nc(C)c([N+](=O)[O-])c1Oc1ccc(CCN)cc1. The van der Waals surface area contributed by atoms with Crippen molar-refractivity contribution in [2.75, 3.05) is 6.54 Å². The molecule has 7 heteroatoms. The molecule has 1 aromatic carbocycles. The van der Waals surface area contributed by atoms with E-state index in [4.69, 9.17) is 10.5 Å². The Balaban J connectivity index is 2.32. The fraction of sp³-hybridized carbons (Fsp3) is 0.357. The van der Waals surface area contributed by atoms with Gasteiger partial charge in [0.2, 0.25) is 0 Å². The number of nitro groups is 1. The molecule has 0 unspecified atom stereocenters. The second-order valence-electron chi connectivity index (χ2n) is 4.60. The lowest BCUT2D eigenvalue weighted by atomic mass is 10.1. The first-order chi connectivity index (χ1) is 10.1. The summed E-state index contributed by atoms with van der Waals surface area (Å²) in [5.41, 5.74) is 6.84. The minimum atomic E-state index is -0.466. The number of rotatable bonds is 6. The zero-order chi connectivity index (χ0) is 15.4. The first kappa shape index (κ1) is 15.0. The van der Waals surface area contributed by atoms with Crippen LogP contribution in [0.5, 0.6) is 11.6 Å². The third-order valence-electron chi connectivity index (χ3n) is 3.10. The van der Waals surface area contributed by atoms with Crippen molar-refractivity contribution in [1.29, 1.82) is 0 Å². The van der Waals surface area contributed by atoms with Crippen LogP contribution in [-0.2, 0) is 13.0 Å². The van der Waals surface area contributed by atoms with Crippen LogP contribution >= 0.6 is 0 Å². The predicted octanol–water partition coefficient (Wildman–Crippen LogP) is 2.41. The smallest absolute Gasteiger partial charge is 0.353 e. The molecule has 0 bridgehead atoms. The molecule has 2 aromatic rings. The largest absolute Gasteiger partial charge is 0.434 e. The van der Waals surface area contributed by atoms with E-state index in [0.717, 1.165) is 12.0 Å². The van der Waals surface area contributed by atoms with E-state index in [1.807, 2.05) is 19.1 Å². The molecule has 112 valence electrons. The van der Waals surface area contributed by atoms with Crippen LogP contribution < -0.4 is 10.5 Å². The summed E-state index contributed by atoms with van der Waals surface area (Å²) in [6.07, 6.45) is 0.784. The predicted molar refractivity (Wildman–Crippen MR) is 78.6 cm³/mol. The monoisotopic (exact) mass is 290 g/mol. The maximum Gasteiger partial charge on any atom is 0.353 e. The van der Waals surface area contributed by atoms with Crippen LogP contribution in [0.25, 0.3) is 0 Å². The number of nitrogens with two attached hydrogens (primary N) is 1. The van der Waals surface area contributed by atoms with Crippen molar-refractivity contribution >= 4 is 5.69 Å². The van der Waals surface area contributed by atoms with Gasteiger partial charge in [-0.15, -0.1) is 0 Å². The van der Waals surface area contributed by atoms with Gasteiger partial charge in [-0.05, 0) is 44.5 Å². The first-order valence-corrected chi connectivity index (χ1v) is 6.75. The van der Waals surface area contributed by atoms with Gasteiger partial charge in [0, 0.05) is 6.54 Å². The van der Waals surface area contributed by atoms with Gasteiger partial charge in [-0.3, -0.25) is 10.1 Å². The Hall–Kier alpha value is -2.41. The molecule has 0 aliphatic heterocycles. The standard InChI is InChI=1S/C14H18N4O3/c1-3-17-14(13(18(19)20)10(2)16-17)21-12-6-4-11(5-7-12)8-9-15/h4-7H,3,8-9,15H2,1-2H3. The molecule has 1 heterocycles. The molecule has 7 nitrogen and oxygen atoms in total. The highest BCUT2D eigenvalue weighted by Gasteiger charge is 2.26. The van der Waals surface area contributed by atoms with E-state index in [0.29, 0.717) is 24.5 Å². The Morgan fingerprint density at radius 3 is 2.57 bits per heavy atom. The second kappa shape index (κ2) is 6.36. The van der Waals surface area contributed by atoms with Gasteiger partial charge < -0.3 is 10.5 Å². The van der Waals surface area contributed by atoms with Gasteiger partial charge in [0.05, 0.1) is 4.92 Å². The van der Waals surface area contributed by atoms with E-state index in [1.165, 1.54) is 4.68 Å². The summed E-state index contributed by atoms with van der Waals surface area (Å²) in [6.45, 7) is 4.53. The molecule has 0 radical (unpaired) electrons. The number of hydrogen-bond acceptors (Lipinski definition) is 5. The second-order valence-corrected chi connectivity index (χ2v) is 4.60. The van der Waals surface area contributed by atoms with Gasteiger partial charge in [0.15, 0.2) is 0 Å². The Morgan fingerprint density at radius 1 is 1.38 bits per heavy atom. The molecule has 2 rings (SSSR count). The molecule has 21 heavy (non-hydrogen) atoms. The van der Waals surface area contributed by atoms with Crippen LogP contribution in [0, 0.1) is 17.0 Å². The van der Waals surface area contributed by atoms with E-state index in [-0.39, 0.29) is 11.6 Å². The van der Waals surface area contributed by atoms with Crippen molar-refractivity contribution in [2.45, 2.75) is 26.8 Å². The Morgan fingerprint density at radius 2 is 2.05 bits per heavy atom. The third-order valence-corrected chi connectivity index (χ3v) is 3.10. The van der Waals surface area contributed by atoms with Crippen LogP contribution in [0.4, 0.5) is 5.69 Å². The van der Waals surface area contributed by atoms with Gasteiger partial charge in [-0.2, -0.15) is 5.10 Å². The number of benzene rings is 1. The summed E-state index contributed by atoms with van der Waals surface area (Å²) in [4.78, 5) is 10.7. The zero-order valence-electron chi connectivity index (χ0n) is 12.1. The van der Waals surface area contributed by atoms with Crippen LogP contribution in [0.2, 0.25) is 0 Å². The number of aromatic nitrogens is 2. The number of nitrogens with zero attached hydrogens (tertiary/aromatic N) is 3. The van der Waals surface area contributed by atoms with E-state index >= 15 is 0 Å². The summed E-state index contributed by atoms with van der Waals surface area (Å²) in [5, 5.41) is 15.3. The molecule has 0 aliphatic carbocycles. The summed E-state index contributed by atoms with van der Waals surface area (Å²) in [5.74, 6) is 0.694. The molecule has 0 spiro atoms. The fourth-order valence-electron chi connectivity index (χ4n) is 2.08. The first-order valence-electron chi connectivity index (χ1n) is 6.75. The van der Waals surface area contributed by atoms with Gasteiger partial charge in [0.1, 0.15) is 11.4 Å². The van der Waals surface area contributed by atoms with E-state index in [9.17, 15) is 10.1 Å². The molecular formula is C14H18N4O3. The molecule has 0 aliphatic rings. The minimum absolute atomic E-state index is 0.0946. The van der Waals surface area contributed by atoms with Crippen molar-refractivity contribution in [3.05, 3.63) is 45.6 Å². The lowest BCUT2D eigenvalue weighted by Gasteiger charge is -2.07. The van der Waals surface area contributed by atoms with E-state index in [1.54, 1.807) is 19.1 Å². The molecule has 0 amide bonds. The van der Waals surface area contributed by atoms with E-state index < -0.39 is 4.92 Å². The highest BCUT2D eigenvalue weighted by molar-refractivity contribution is 5.48. The van der Waals surface area contributed by atoms with Crippen molar-refractivity contribution < 1.29 is 9.66 Å². The summed E-state index contributed by atoms with van der Waals surface area (Å²) in [7, 11) is 0. The maximum absolute atomic E-state index is 11.2. The zero-order valence-corrected chi connectivity index (χ0v) is 12.1. The van der Waals surface area contributed by atoms with E-state index in [2.05, 4.69) is 5.10 Å². The average Bonchev–Trinajstić information content (AvgIpc) is 2.77. The molecule has 1 aromatic heterocycles. The Labute approximate surface area is 122 Å². The average molecular weight is 290 g/mol. The maximum atomic E-state index is 11.2. The lowest BCUT2D eigenvalue weighted by molar-refractivity contribution is -0.386. The molecule has 0 saturated heterocycles. The molecule has 2 N–H and O–H groups in total. The molecular weight excluding hydrogens is 272 g/mol. The van der Waals surface area contributed by atoms with Crippen LogP contribution in [0.1, 0.15) is 18.2 Å². The van der Waals surface area contributed by atoms with Crippen LogP contribution in [0.15, 0.2) is 24.3 Å². The van der Waals surface area contributed by atoms with Gasteiger partial charge in [0.25, 0.3) is 5.88 Å². The minimum Gasteiger partial charge on any atom is -0.434 e. The number of hydrogen-bond donors (Lipinski definition) is 1. The third kappa shape index (κ3) is 3.19. The summed E-state index contributed by atoms with van der Waals surface area (Å²) < 4.78 is 7.16. The quantitative estimate of drug-likeness (QED) is 0.651. The highest BCUT2D eigenvalue weighted by Crippen LogP contribution is 2.34. The van der Waals surface area contributed by atoms with Crippen LogP contribution in [-0.4, -0.2) is 21.2 Å². The van der Waals surface area contributed by atoms with Crippen molar-refractivity contribution in [1.82, 2.24) is 9.78 Å². The van der Waals surface area contributed by atoms with Crippen molar-refractivity contribution in [3.8, 4) is 11.6 Å². The van der Waals surface area contributed by atoms with Gasteiger partial charge in [-0.1, -0.05) is 12.1 Å². The summed E-state index contributed by atoms with van der Waals surface area (Å²) >= 11 is 0. The Kier molecular flexibility index (Phi) is 4.54. The fourth-order valence-corrected chi connectivity index (χ4v) is 2.08. The summed E-state index contributed by atoms with van der Waals surface area (Å²) in [6, 6.07) is 7.34. The number of ether oxygens (including phenoxy) is 1. The van der Waals surface area contributed by atoms with Crippen molar-refractivity contribution in [3.63, 3.8) is 0 Å². The van der Waals surface area contributed by atoms with Gasteiger partial charge in [-0.25, -0.2) is 4.68 Å². The topological polar surface area (TPSA) is 96.2 Å². The highest BCUT2D eigenvalue weighted by atomic mass is 16.6.